The maximum atomic E-state index is 5.91. The Labute approximate surface area is 107 Å². The molecule has 0 aromatic heterocycles. The van der Waals surface area contributed by atoms with Crippen molar-refractivity contribution in [1.29, 1.82) is 0 Å². The van der Waals surface area contributed by atoms with Crippen molar-refractivity contribution in [3.63, 3.8) is 0 Å². The summed E-state index contributed by atoms with van der Waals surface area (Å²) in [5.74, 6) is 2.70. The lowest BCUT2D eigenvalue weighted by Gasteiger charge is -2.29. The van der Waals surface area contributed by atoms with Crippen molar-refractivity contribution in [3.8, 4) is 17.2 Å². The minimum Gasteiger partial charge on any atom is -0.493 e. The van der Waals surface area contributed by atoms with Crippen molar-refractivity contribution in [3.05, 3.63) is 16.7 Å². The topological polar surface area (TPSA) is 53.7 Å². The van der Waals surface area contributed by atoms with E-state index in [0.29, 0.717) is 6.54 Å². The summed E-state index contributed by atoms with van der Waals surface area (Å²) in [7, 11) is 1.70. The van der Waals surface area contributed by atoms with Crippen molar-refractivity contribution in [1.82, 2.24) is 0 Å². The highest BCUT2D eigenvalue weighted by Crippen LogP contribution is 2.47. The number of rotatable bonds is 2. The van der Waals surface area contributed by atoms with Crippen LogP contribution in [-0.2, 0) is 19.4 Å². The zero-order valence-corrected chi connectivity index (χ0v) is 10.8. The van der Waals surface area contributed by atoms with Gasteiger partial charge in [-0.3, -0.25) is 0 Å². The van der Waals surface area contributed by atoms with Gasteiger partial charge in [-0.2, -0.15) is 0 Å². The quantitative estimate of drug-likeness (QED) is 0.868. The van der Waals surface area contributed by atoms with E-state index in [4.69, 9.17) is 19.9 Å². The second-order valence-electron chi connectivity index (χ2n) is 4.74. The maximum absolute atomic E-state index is 5.91. The van der Waals surface area contributed by atoms with Gasteiger partial charge in [0.2, 0.25) is 0 Å². The van der Waals surface area contributed by atoms with E-state index in [1.165, 1.54) is 5.56 Å². The van der Waals surface area contributed by atoms with Gasteiger partial charge < -0.3 is 19.9 Å². The second-order valence-corrected chi connectivity index (χ2v) is 4.74. The summed E-state index contributed by atoms with van der Waals surface area (Å²) in [6.45, 7) is 2.02. The molecule has 0 spiro atoms. The van der Waals surface area contributed by atoms with Crippen LogP contribution in [0.5, 0.6) is 17.2 Å². The van der Waals surface area contributed by atoms with Crippen LogP contribution in [-0.4, -0.2) is 20.3 Å². The minimum absolute atomic E-state index is 0.498. The summed E-state index contributed by atoms with van der Waals surface area (Å²) in [5.41, 5.74) is 9.34. The van der Waals surface area contributed by atoms with Gasteiger partial charge in [0.1, 0.15) is 5.75 Å². The van der Waals surface area contributed by atoms with E-state index in [2.05, 4.69) is 0 Å². The molecule has 0 atom stereocenters. The predicted octanol–water partition coefficient (Wildman–Crippen LogP) is 1.80. The van der Waals surface area contributed by atoms with E-state index in [1.807, 2.05) is 0 Å². The molecule has 2 heterocycles. The van der Waals surface area contributed by atoms with Crippen molar-refractivity contribution in [2.45, 2.75) is 32.2 Å². The first-order valence-corrected chi connectivity index (χ1v) is 6.57. The number of fused-ring (bicyclic) bond motifs is 2. The Morgan fingerprint density at radius 2 is 1.72 bits per heavy atom. The Morgan fingerprint density at radius 1 is 1.06 bits per heavy atom. The van der Waals surface area contributed by atoms with E-state index in [-0.39, 0.29) is 0 Å². The fourth-order valence-electron chi connectivity index (χ4n) is 2.93. The zero-order valence-electron chi connectivity index (χ0n) is 10.8. The fraction of sp³-hybridized carbons (Fsp3) is 0.571. The third-order valence-corrected chi connectivity index (χ3v) is 3.71. The summed E-state index contributed by atoms with van der Waals surface area (Å²) in [4.78, 5) is 0. The molecule has 2 aliphatic rings. The number of ether oxygens (including phenoxy) is 3. The van der Waals surface area contributed by atoms with E-state index in [9.17, 15) is 0 Å². The second kappa shape index (κ2) is 4.69. The van der Waals surface area contributed by atoms with Gasteiger partial charge in [0.15, 0.2) is 11.5 Å². The highest BCUT2D eigenvalue weighted by atomic mass is 16.5. The molecule has 0 bridgehead atoms. The number of benzene rings is 1. The average molecular weight is 249 g/mol. The van der Waals surface area contributed by atoms with Crippen molar-refractivity contribution >= 4 is 0 Å². The van der Waals surface area contributed by atoms with Crippen LogP contribution in [0, 0.1) is 0 Å². The van der Waals surface area contributed by atoms with Gasteiger partial charge in [-0.05, 0) is 25.7 Å². The van der Waals surface area contributed by atoms with Crippen LogP contribution in [0.4, 0.5) is 0 Å². The smallest absolute Gasteiger partial charge is 0.167 e. The molecular weight excluding hydrogens is 230 g/mol. The standard InChI is InChI=1S/C14H19NO3/c1-16-13-10-5-3-6-17-12(10)11(8-15)9-4-2-7-18-14(9)13/h2-8,15H2,1H3. The number of hydrogen-bond acceptors (Lipinski definition) is 4. The molecule has 0 saturated heterocycles. The minimum atomic E-state index is 0.498. The maximum Gasteiger partial charge on any atom is 0.167 e. The van der Waals surface area contributed by atoms with Crippen LogP contribution >= 0.6 is 0 Å². The predicted molar refractivity (Wildman–Crippen MR) is 68.5 cm³/mol. The molecule has 2 N–H and O–H groups in total. The molecule has 1 aromatic rings. The van der Waals surface area contributed by atoms with Gasteiger partial charge in [-0.15, -0.1) is 0 Å². The molecule has 0 amide bonds. The summed E-state index contributed by atoms with van der Waals surface area (Å²) in [6, 6.07) is 0. The highest BCUT2D eigenvalue weighted by molar-refractivity contribution is 5.64. The molecule has 4 heteroatoms. The van der Waals surface area contributed by atoms with Gasteiger partial charge in [0.05, 0.1) is 20.3 Å². The Hall–Kier alpha value is -1.42. The van der Waals surface area contributed by atoms with Crippen LogP contribution < -0.4 is 19.9 Å². The van der Waals surface area contributed by atoms with Gasteiger partial charge in [0.25, 0.3) is 0 Å². The van der Waals surface area contributed by atoms with Crippen molar-refractivity contribution < 1.29 is 14.2 Å². The molecule has 98 valence electrons. The normalized spacial score (nSPS) is 17.2. The molecule has 4 nitrogen and oxygen atoms in total. The Balaban J connectivity index is 2.26. The Bertz CT molecular complexity index is 364. The molecule has 3 rings (SSSR count). The molecule has 2 aliphatic heterocycles. The molecule has 0 unspecified atom stereocenters. The Morgan fingerprint density at radius 3 is 2.39 bits per heavy atom. The molecule has 0 saturated carbocycles. The zero-order chi connectivity index (χ0) is 12.5. The lowest BCUT2D eigenvalue weighted by atomic mass is 9.92. The monoisotopic (exact) mass is 249 g/mol. The average Bonchev–Trinajstić information content (AvgIpc) is 2.44. The van der Waals surface area contributed by atoms with Crippen molar-refractivity contribution in [2.75, 3.05) is 20.3 Å². The van der Waals surface area contributed by atoms with Crippen LogP contribution in [0.2, 0.25) is 0 Å². The van der Waals surface area contributed by atoms with Crippen LogP contribution in [0.15, 0.2) is 0 Å². The van der Waals surface area contributed by atoms with E-state index >= 15 is 0 Å². The third kappa shape index (κ3) is 1.63. The van der Waals surface area contributed by atoms with Crippen LogP contribution in [0.3, 0.4) is 0 Å². The first kappa shape index (κ1) is 11.7. The lowest BCUT2D eigenvalue weighted by molar-refractivity contribution is 0.250. The molecule has 1 aromatic carbocycles. The molecular formula is C14H19NO3. The molecule has 0 radical (unpaired) electrons. The first-order chi connectivity index (χ1) is 8.86. The van der Waals surface area contributed by atoms with Crippen LogP contribution in [0.1, 0.15) is 29.5 Å². The Kier molecular flexibility index (Phi) is 3.04. The summed E-state index contributed by atoms with van der Waals surface area (Å²) in [6.07, 6.45) is 4.02. The molecule has 18 heavy (non-hydrogen) atoms. The third-order valence-electron chi connectivity index (χ3n) is 3.71. The fourth-order valence-corrected chi connectivity index (χ4v) is 2.93. The number of nitrogens with two attached hydrogens (primary N) is 1. The van der Waals surface area contributed by atoms with E-state index in [0.717, 1.165) is 67.3 Å². The SMILES string of the molecule is COc1c2c(c(CN)c3c1OCCC3)OCCC2. The number of methoxy groups -OCH3 is 1. The largest absolute Gasteiger partial charge is 0.493 e. The first-order valence-electron chi connectivity index (χ1n) is 6.57. The van der Waals surface area contributed by atoms with Gasteiger partial charge >= 0.3 is 0 Å². The van der Waals surface area contributed by atoms with Gasteiger partial charge in [-0.1, -0.05) is 0 Å². The molecule has 0 fully saturated rings. The van der Waals surface area contributed by atoms with Crippen molar-refractivity contribution in [2.24, 2.45) is 5.73 Å². The summed E-state index contributed by atoms with van der Waals surface area (Å²) < 4.78 is 17.2. The highest BCUT2D eigenvalue weighted by Gasteiger charge is 2.29. The molecule has 0 aliphatic carbocycles. The van der Waals surface area contributed by atoms with Gasteiger partial charge in [0, 0.05) is 23.2 Å². The van der Waals surface area contributed by atoms with E-state index in [1.54, 1.807) is 7.11 Å². The van der Waals surface area contributed by atoms with Gasteiger partial charge in [-0.25, -0.2) is 0 Å². The lowest BCUT2D eigenvalue weighted by Crippen LogP contribution is -2.19. The summed E-state index contributed by atoms with van der Waals surface area (Å²) >= 11 is 0. The summed E-state index contributed by atoms with van der Waals surface area (Å²) in [5, 5.41) is 0. The van der Waals surface area contributed by atoms with Crippen LogP contribution in [0.25, 0.3) is 0 Å². The van der Waals surface area contributed by atoms with E-state index < -0.39 is 0 Å². The number of hydrogen-bond donors (Lipinski definition) is 1.